The molecule has 0 unspecified atom stereocenters. The highest BCUT2D eigenvalue weighted by Gasteiger charge is 2.44. The number of anilines is 2. The molecule has 3 heterocycles. The van der Waals surface area contributed by atoms with Crippen molar-refractivity contribution >= 4 is 11.8 Å². The third-order valence-electron chi connectivity index (χ3n) is 6.27. The van der Waals surface area contributed by atoms with Crippen molar-refractivity contribution in [1.82, 2.24) is 25.1 Å². The lowest BCUT2D eigenvalue weighted by Crippen LogP contribution is -2.41. The molecule has 0 radical (unpaired) electrons. The van der Waals surface area contributed by atoms with Crippen LogP contribution in [-0.2, 0) is 18.3 Å². The maximum Gasteiger partial charge on any atom is 0.227 e. The molecule has 27 heavy (non-hydrogen) atoms. The largest absolute Gasteiger partial charge is 0.369 e. The van der Waals surface area contributed by atoms with Crippen molar-refractivity contribution in [2.24, 2.45) is 0 Å². The van der Waals surface area contributed by atoms with Gasteiger partial charge in [-0.15, -0.1) is 0 Å². The van der Waals surface area contributed by atoms with Crippen LogP contribution in [0, 0.1) is 0 Å². The molecule has 1 fully saturated rings. The second-order valence-corrected chi connectivity index (χ2v) is 8.09. The summed E-state index contributed by atoms with van der Waals surface area (Å²) in [4.78, 5) is 14.5. The molecule has 1 aliphatic carbocycles. The van der Waals surface area contributed by atoms with Crippen molar-refractivity contribution in [1.29, 1.82) is 0 Å². The Morgan fingerprint density at radius 2 is 2.04 bits per heavy atom. The lowest BCUT2D eigenvalue weighted by atomic mass is 9.76. The predicted octanol–water partition coefficient (Wildman–Crippen LogP) is 2.22. The van der Waals surface area contributed by atoms with Crippen LogP contribution in [0.4, 0.5) is 11.8 Å². The minimum Gasteiger partial charge on any atom is -0.369 e. The minimum absolute atomic E-state index is 0.246. The van der Waals surface area contributed by atoms with E-state index in [1.165, 1.54) is 49.2 Å². The van der Waals surface area contributed by atoms with Crippen molar-refractivity contribution in [3.05, 3.63) is 29.2 Å². The van der Waals surface area contributed by atoms with Gasteiger partial charge in [-0.1, -0.05) is 6.92 Å². The number of H-pyrrole nitrogens is 1. The lowest BCUT2D eigenvalue weighted by Gasteiger charge is -2.39. The Balaban J connectivity index is 1.58. The number of rotatable bonds is 6. The Morgan fingerprint density at radius 3 is 2.70 bits per heavy atom. The van der Waals surface area contributed by atoms with Gasteiger partial charge in [-0.05, 0) is 57.3 Å². The molecule has 1 saturated heterocycles. The molecule has 4 rings (SSSR count). The number of aromatic amines is 1. The molecule has 7 nitrogen and oxygen atoms in total. The van der Waals surface area contributed by atoms with Crippen LogP contribution in [0.25, 0.3) is 0 Å². The first kappa shape index (κ1) is 18.2. The molecule has 2 aromatic heterocycles. The van der Waals surface area contributed by atoms with Crippen LogP contribution in [-0.4, -0.2) is 65.3 Å². The van der Waals surface area contributed by atoms with Gasteiger partial charge in [-0.25, -0.2) is 4.98 Å². The van der Waals surface area contributed by atoms with Crippen molar-refractivity contribution in [2.75, 3.05) is 50.5 Å². The SMILES string of the molecule is CCN1CCC2(CCc3c(NCCc4cn[nH]c4)nc(N(C)C)nc32)CC1. The predicted molar refractivity (Wildman–Crippen MR) is 108 cm³/mol. The summed E-state index contributed by atoms with van der Waals surface area (Å²) in [6, 6.07) is 0. The van der Waals surface area contributed by atoms with Crippen LogP contribution in [0.2, 0.25) is 0 Å². The fourth-order valence-electron chi connectivity index (χ4n) is 4.50. The monoisotopic (exact) mass is 369 g/mol. The van der Waals surface area contributed by atoms with E-state index in [-0.39, 0.29) is 5.41 Å². The first-order chi connectivity index (χ1) is 13.1. The van der Waals surface area contributed by atoms with E-state index in [9.17, 15) is 0 Å². The van der Waals surface area contributed by atoms with Gasteiger partial charge in [0, 0.05) is 37.8 Å². The summed E-state index contributed by atoms with van der Waals surface area (Å²) in [7, 11) is 4.05. The Hall–Kier alpha value is -2.15. The molecule has 2 N–H and O–H groups in total. The summed E-state index contributed by atoms with van der Waals surface area (Å²) in [5.41, 5.74) is 4.11. The summed E-state index contributed by atoms with van der Waals surface area (Å²) >= 11 is 0. The van der Waals surface area contributed by atoms with Crippen LogP contribution in [0.3, 0.4) is 0 Å². The number of fused-ring (bicyclic) bond motifs is 2. The quantitative estimate of drug-likeness (QED) is 0.813. The number of likely N-dealkylation sites (tertiary alicyclic amines) is 1. The zero-order valence-corrected chi connectivity index (χ0v) is 16.8. The van der Waals surface area contributed by atoms with Gasteiger partial charge in [0.25, 0.3) is 0 Å². The third-order valence-corrected chi connectivity index (χ3v) is 6.27. The molecular formula is C20H31N7. The average Bonchev–Trinajstić information content (AvgIpc) is 3.31. The van der Waals surface area contributed by atoms with E-state index in [4.69, 9.17) is 9.97 Å². The molecule has 2 aromatic rings. The normalized spacial score (nSPS) is 18.6. The minimum atomic E-state index is 0.246. The fraction of sp³-hybridized carbons (Fsp3) is 0.650. The van der Waals surface area contributed by atoms with Gasteiger partial charge in [-0.2, -0.15) is 10.1 Å². The number of aromatic nitrogens is 4. The van der Waals surface area contributed by atoms with E-state index >= 15 is 0 Å². The van der Waals surface area contributed by atoms with Gasteiger partial charge in [0.15, 0.2) is 0 Å². The molecule has 0 aromatic carbocycles. The standard InChI is InChI=1S/C20H31N7/c1-4-27-11-8-20(9-12-27)7-5-16-17(20)24-19(26(2)3)25-18(16)21-10-6-15-13-22-23-14-15/h13-14H,4-12H2,1-3H3,(H,22,23)(H,21,24,25). The number of hydrogen-bond acceptors (Lipinski definition) is 6. The number of hydrogen-bond donors (Lipinski definition) is 2. The van der Waals surface area contributed by atoms with Gasteiger partial charge in [-0.3, -0.25) is 5.10 Å². The van der Waals surface area contributed by atoms with Crippen LogP contribution in [0.15, 0.2) is 12.4 Å². The molecular weight excluding hydrogens is 338 g/mol. The summed E-state index contributed by atoms with van der Waals surface area (Å²) < 4.78 is 0. The highest BCUT2D eigenvalue weighted by Crippen LogP contribution is 2.47. The van der Waals surface area contributed by atoms with Gasteiger partial charge >= 0.3 is 0 Å². The first-order valence-corrected chi connectivity index (χ1v) is 10.1. The van der Waals surface area contributed by atoms with Gasteiger partial charge in [0.2, 0.25) is 5.95 Å². The highest BCUT2D eigenvalue weighted by atomic mass is 15.2. The van der Waals surface area contributed by atoms with Crippen LogP contribution >= 0.6 is 0 Å². The Labute approximate surface area is 161 Å². The zero-order chi connectivity index (χ0) is 18.9. The Kier molecular flexibility index (Phi) is 5.04. The smallest absolute Gasteiger partial charge is 0.227 e. The topological polar surface area (TPSA) is 73.0 Å². The summed E-state index contributed by atoms with van der Waals surface area (Å²) in [6.45, 7) is 6.62. The summed E-state index contributed by atoms with van der Waals surface area (Å²) in [5.74, 6) is 1.85. The molecule has 1 spiro atoms. The molecule has 146 valence electrons. The van der Waals surface area contributed by atoms with E-state index in [1.54, 1.807) is 0 Å². The van der Waals surface area contributed by atoms with Gasteiger partial charge in [0.05, 0.1) is 11.9 Å². The summed E-state index contributed by atoms with van der Waals surface area (Å²) in [5, 5.41) is 10.5. The van der Waals surface area contributed by atoms with Gasteiger partial charge in [0.1, 0.15) is 5.82 Å². The van der Waals surface area contributed by atoms with E-state index in [2.05, 4.69) is 27.3 Å². The van der Waals surface area contributed by atoms with Crippen LogP contribution in [0.5, 0.6) is 0 Å². The zero-order valence-electron chi connectivity index (χ0n) is 16.8. The van der Waals surface area contributed by atoms with Crippen molar-refractivity contribution in [3.63, 3.8) is 0 Å². The molecule has 2 aliphatic rings. The van der Waals surface area contributed by atoms with E-state index in [1.807, 2.05) is 31.4 Å². The lowest BCUT2D eigenvalue weighted by molar-refractivity contribution is 0.162. The average molecular weight is 370 g/mol. The van der Waals surface area contributed by atoms with Crippen molar-refractivity contribution in [3.8, 4) is 0 Å². The molecule has 0 amide bonds. The number of nitrogens with zero attached hydrogens (tertiary/aromatic N) is 5. The summed E-state index contributed by atoms with van der Waals surface area (Å²) in [6.07, 6.45) is 9.49. The Morgan fingerprint density at radius 1 is 1.22 bits per heavy atom. The van der Waals surface area contributed by atoms with Crippen LogP contribution in [0.1, 0.15) is 43.0 Å². The molecule has 0 atom stereocenters. The second kappa shape index (κ2) is 7.46. The van der Waals surface area contributed by atoms with E-state index in [0.717, 1.165) is 37.7 Å². The van der Waals surface area contributed by atoms with Crippen molar-refractivity contribution in [2.45, 2.75) is 44.4 Å². The molecule has 1 aliphatic heterocycles. The maximum absolute atomic E-state index is 5.04. The Bertz CT molecular complexity index is 761. The van der Waals surface area contributed by atoms with Gasteiger partial charge < -0.3 is 15.1 Å². The molecule has 7 heteroatoms. The molecule has 0 saturated carbocycles. The first-order valence-electron chi connectivity index (χ1n) is 10.1. The van der Waals surface area contributed by atoms with E-state index in [0.29, 0.717) is 0 Å². The third kappa shape index (κ3) is 3.52. The number of piperidine rings is 1. The molecule has 0 bridgehead atoms. The van der Waals surface area contributed by atoms with Crippen molar-refractivity contribution < 1.29 is 0 Å². The van der Waals surface area contributed by atoms with E-state index < -0.39 is 0 Å². The second-order valence-electron chi connectivity index (χ2n) is 8.09. The number of nitrogens with one attached hydrogen (secondary N) is 2. The fourth-order valence-corrected chi connectivity index (χ4v) is 4.50. The van der Waals surface area contributed by atoms with Crippen LogP contribution < -0.4 is 10.2 Å². The maximum atomic E-state index is 5.04. The highest BCUT2D eigenvalue weighted by molar-refractivity contribution is 5.55.